The van der Waals surface area contributed by atoms with E-state index in [2.05, 4.69) is 21.2 Å². The van der Waals surface area contributed by atoms with Crippen LogP contribution in [0, 0.1) is 0 Å². The molecule has 0 aliphatic heterocycles. The van der Waals surface area contributed by atoms with Gasteiger partial charge in [-0.15, -0.1) is 11.3 Å². The largest absolute Gasteiger partial charge is 0.481 e. The Balaban J connectivity index is 1.77. The van der Waals surface area contributed by atoms with Crippen molar-refractivity contribution in [3.8, 4) is 0 Å². The van der Waals surface area contributed by atoms with Crippen molar-refractivity contribution in [2.45, 2.75) is 25.2 Å². The van der Waals surface area contributed by atoms with Gasteiger partial charge in [0.15, 0.2) is 0 Å². The summed E-state index contributed by atoms with van der Waals surface area (Å²) in [7, 11) is 0. The SMILES string of the molecule is O=C(CCCc1ccc(Br)s1)NCC(C(=O)O)c1ccccc1. The number of carbonyl (C=O) groups is 2. The van der Waals surface area contributed by atoms with E-state index in [0.717, 1.165) is 16.6 Å². The Hall–Kier alpha value is -1.66. The maximum Gasteiger partial charge on any atom is 0.312 e. The fraction of sp³-hybridized carbons (Fsp3) is 0.294. The Morgan fingerprint density at radius 1 is 1.17 bits per heavy atom. The third kappa shape index (κ3) is 5.80. The molecule has 2 rings (SSSR count). The average Bonchev–Trinajstić information content (AvgIpc) is 2.94. The maximum absolute atomic E-state index is 11.9. The summed E-state index contributed by atoms with van der Waals surface area (Å²) in [6.45, 7) is 0.114. The molecule has 0 fully saturated rings. The van der Waals surface area contributed by atoms with Crippen molar-refractivity contribution in [2.24, 2.45) is 0 Å². The van der Waals surface area contributed by atoms with Gasteiger partial charge in [0.2, 0.25) is 5.91 Å². The van der Waals surface area contributed by atoms with E-state index in [1.54, 1.807) is 35.6 Å². The highest BCUT2D eigenvalue weighted by atomic mass is 79.9. The predicted octanol–water partition coefficient (Wildman–Crippen LogP) is 3.82. The van der Waals surface area contributed by atoms with Crippen LogP contribution in [0.3, 0.4) is 0 Å². The molecular weight excluding hydrogens is 378 g/mol. The quantitative estimate of drug-likeness (QED) is 0.713. The molecule has 1 unspecified atom stereocenters. The molecular formula is C17H18BrNO3S. The second-order valence-electron chi connectivity index (χ2n) is 5.16. The van der Waals surface area contributed by atoms with Crippen molar-refractivity contribution in [2.75, 3.05) is 6.54 Å². The summed E-state index contributed by atoms with van der Waals surface area (Å²) >= 11 is 5.08. The normalized spacial score (nSPS) is 11.9. The van der Waals surface area contributed by atoms with Crippen LogP contribution in [0.2, 0.25) is 0 Å². The number of benzene rings is 1. The van der Waals surface area contributed by atoms with E-state index in [0.29, 0.717) is 12.0 Å². The molecule has 4 nitrogen and oxygen atoms in total. The number of halogens is 1. The smallest absolute Gasteiger partial charge is 0.312 e. The number of aryl methyl sites for hydroxylation is 1. The summed E-state index contributed by atoms with van der Waals surface area (Å²) in [4.78, 5) is 24.5. The van der Waals surface area contributed by atoms with Gasteiger partial charge < -0.3 is 10.4 Å². The number of hydrogen-bond acceptors (Lipinski definition) is 3. The number of carboxylic acid groups (broad SMARTS) is 1. The van der Waals surface area contributed by atoms with Gasteiger partial charge in [0.25, 0.3) is 0 Å². The molecule has 1 aromatic heterocycles. The van der Waals surface area contributed by atoms with Gasteiger partial charge in [0, 0.05) is 17.8 Å². The van der Waals surface area contributed by atoms with Crippen molar-refractivity contribution in [1.29, 1.82) is 0 Å². The van der Waals surface area contributed by atoms with E-state index < -0.39 is 11.9 Å². The highest BCUT2D eigenvalue weighted by molar-refractivity contribution is 9.11. The summed E-state index contributed by atoms with van der Waals surface area (Å²) < 4.78 is 1.09. The molecule has 0 spiro atoms. The molecule has 0 aliphatic carbocycles. The van der Waals surface area contributed by atoms with Gasteiger partial charge in [0.1, 0.15) is 0 Å². The van der Waals surface area contributed by atoms with Crippen LogP contribution in [0.15, 0.2) is 46.3 Å². The standard InChI is InChI=1S/C17H18BrNO3S/c18-15-10-9-13(23-15)7-4-8-16(20)19-11-14(17(21)22)12-5-2-1-3-6-12/h1-3,5-6,9-10,14H,4,7-8,11H2,(H,19,20)(H,21,22). The zero-order chi connectivity index (χ0) is 16.7. The molecule has 0 saturated heterocycles. The minimum Gasteiger partial charge on any atom is -0.481 e. The fourth-order valence-electron chi connectivity index (χ4n) is 2.25. The third-order valence-electron chi connectivity index (χ3n) is 3.46. The number of nitrogens with one attached hydrogen (secondary N) is 1. The van der Waals surface area contributed by atoms with Gasteiger partial charge in [-0.2, -0.15) is 0 Å². The van der Waals surface area contributed by atoms with Crippen LogP contribution in [0.1, 0.15) is 29.2 Å². The molecule has 1 amide bonds. The van der Waals surface area contributed by atoms with Gasteiger partial charge in [-0.25, -0.2) is 0 Å². The molecule has 0 radical (unpaired) electrons. The number of carbonyl (C=O) groups excluding carboxylic acids is 1. The van der Waals surface area contributed by atoms with E-state index in [-0.39, 0.29) is 12.5 Å². The summed E-state index contributed by atoms with van der Waals surface area (Å²) in [6, 6.07) is 13.0. The third-order valence-corrected chi connectivity index (χ3v) is 5.14. The molecule has 0 bridgehead atoms. The van der Waals surface area contributed by atoms with Gasteiger partial charge >= 0.3 is 5.97 Å². The molecule has 1 heterocycles. The number of rotatable bonds is 8. The van der Waals surface area contributed by atoms with E-state index in [4.69, 9.17) is 0 Å². The van der Waals surface area contributed by atoms with Crippen LogP contribution in [-0.2, 0) is 16.0 Å². The predicted molar refractivity (Wildman–Crippen MR) is 94.8 cm³/mol. The first-order valence-electron chi connectivity index (χ1n) is 7.35. The van der Waals surface area contributed by atoms with Crippen LogP contribution in [0.4, 0.5) is 0 Å². The van der Waals surface area contributed by atoms with E-state index in [9.17, 15) is 14.7 Å². The zero-order valence-electron chi connectivity index (χ0n) is 12.5. The van der Waals surface area contributed by atoms with Crippen molar-refractivity contribution in [1.82, 2.24) is 5.32 Å². The topological polar surface area (TPSA) is 66.4 Å². The van der Waals surface area contributed by atoms with Gasteiger partial charge in [-0.1, -0.05) is 30.3 Å². The van der Waals surface area contributed by atoms with Crippen molar-refractivity contribution >= 4 is 39.1 Å². The maximum atomic E-state index is 11.9. The molecule has 122 valence electrons. The summed E-state index contributed by atoms with van der Waals surface area (Å²) in [6.07, 6.45) is 2.00. The Bertz CT molecular complexity index is 657. The highest BCUT2D eigenvalue weighted by Gasteiger charge is 2.20. The lowest BCUT2D eigenvalue weighted by Gasteiger charge is -2.13. The minimum absolute atomic E-state index is 0.109. The molecule has 0 aliphatic rings. The number of aliphatic carboxylic acids is 1. The number of thiophene rings is 1. The Kier molecular flexibility index (Phi) is 6.80. The van der Waals surface area contributed by atoms with E-state index >= 15 is 0 Å². The van der Waals surface area contributed by atoms with Crippen molar-refractivity contribution < 1.29 is 14.7 Å². The number of hydrogen-bond donors (Lipinski definition) is 2. The summed E-state index contributed by atoms with van der Waals surface area (Å²) in [5.74, 6) is -1.75. The molecule has 2 N–H and O–H groups in total. The lowest BCUT2D eigenvalue weighted by molar-refractivity contribution is -0.138. The average molecular weight is 396 g/mol. The second kappa shape index (κ2) is 8.84. The Morgan fingerprint density at radius 2 is 1.91 bits per heavy atom. The first-order chi connectivity index (χ1) is 11.1. The first-order valence-corrected chi connectivity index (χ1v) is 8.96. The molecule has 1 atom stereocenters. The van der Waals surface area contributed by atoms with Crippen LogP contribution >= 0.6 is 27.3 Å². The lowest BCUT2D eigenvalue weighted by atomic mass is 9.99. The van der Waals surface area contributed by atoms with E-state index in [1.165, 1.54) is 4.88 Å². The van der Waals surface area contributed by atoms with Gasteiger partial charge in [-0.05, 0) is 46.5 Å². The van der Waals surface area contributed by atoms with Crippen LogP contribution in [-0.4, -0.2) is 23.5 Å². The van der Waals surface area contributed by atoms with Crippen LogP contribution in [0.5, 0.6) is 0 Å². The van der Waals surface area contributed by atoms with Gasteiger partial charge in [-0.3, -0.25) is 9.59 Å². The molecule has 6 heteroatoms. The van der Waals surface area contributed by atoms with Gasteiger partial charge in [0.05, 0.1) is 9.70 Å². The lowest BCUT2D eigenvalue weighted by Crippen LogP contribution is -2.31. The first kappa shape index (κ1) is 17.7. The van der Waals surface area contributed by atoms with Crippen LogP contribution < -0.4 is 5.32 Å². The fourth-order valence-corrected chi connectivity index (χ4v) is 3.77. The molecule has 1 aromatic carbocycles. The molecule has 23 heavy (non-hydrogen) atoms. The van der Waals surface area contributed by atoms with Crippen LogP contribution in [0.25, 0.3) is 0 Å². The van der Waals surface area contributed by atoms with Crippen molar-refractivity contribution in [3.63, 3.8) is 0 Å². The van der Waals surface area contributed by atoms with E-state index in [1.807, 2.05) is 18.2 Å². The summed E-state index contributed by atoms with van der Waals surface area (Å²) in [5.41, 5.74) is 0.698. The minimum atomic E-state index is -0.931. The number of carboxylic acids is 1. The second-order valence-corrected chi connectivity index (χ2v) is 7.71. The zero-order valence-corrected chi connectivity index (χ0v) is 14.9. The Morgan fingerprint density at radius 3 is 2.52 bits per heavy atom. The monoisotopic (exact) mass is 395 g/mol. The highest BCUT2D eigenvalue weighted by Crippen LogP contribution is 2.23. The Labute approximate surface area is 147 Å². The molecule has 0 saturated carbocycles. The van der Waals surface area contributed by atoms with Crippen molar-refractivity contribution in [3.05, 3.63) is 56.7 Å². The number of amides is 1. The molecule has 2 aromatic rings. The summed E-state index contributed by atoms with van der Waals surface area (Å²) in [5, 5.41) is 12.0.